The summed E-state index contributed by atoms with van der Waals surface area (Å²) in [7, 11) is 2.00. The lowest BCUT2D eigenvalue weighted by Gasteiger charge is -2.20. The van der Waals surface area contributed by atoms with E-state index in [-0.39, 0.29) is 0 Å². The summed E-state index contributed by atoms with van der Waals surface area (Å²) >= 11 is 3.59. The highest BCUT2D eigenvalue weighted by molar-refractivity contribution is 9.10. The number of aryl methyl sites for hydroxylation is 1. The van der Waals surface area contributed by atoms with Crippen LogP contribution in [0.1, 0.15) is 42.8 Å². The smallest absolute Gasteiger partial charge is 0.0997 e. The summed E-state index contributed by atoms with van der Waals surface area (Å²) in [5.41, 5.74) is 5.21. The molecule has 2 aromatic rings. The van der Waals surface area contributed by atoms with E-state index in [0.717, 1.165) is 17.3 Å². The molecule has 1 heterocycles. The van der Waals surface area contributed by atoms with Crippen LogP contribution in [0.5, 0.6) is 0 Å². The molecule has 1 aromatic carbocycles. The molecule has 3 rings (SSSR count). The normalized spacial score (nSPS) is 15.9. The van der Waals surface area contributed by atoms with Crippen LogP contribution in [0.15, 0.2) is 29.0 Å². The third kappa shape index (κ3) is 2.42. The first-order valence-electron chi connectivity index (χ1n) is 7.23. The summed E-state index contributed by atoms with van der Waals surface area (Å²) in [6, 6.07) is 6.81. The predicted octanol–water partition coefficient (Wildman–Crippen LogP) is 3.79. The molecule has 1 aliphatic carbocycles. The van der Waals surface area contributed by atoms with Crippen LogP contribution in [0.25, 0.3) is 5.69 Å². The number of halogens is 1. The Hall–Kier alpha value is -1.13. The number of imidazole rings is 1. The van der Waals surface area contributed by atoms with Gasteiger partial charge in [0.15, 0.2) is 0 Å². The van der Waals surface area contributed by atoms with Crippen molar-refractivity contribution in [2.45, 2.75) is 38.6 Å². The van der Waals surface area contributed by atoms with E-state index in [1.807, 2.05) is 13.4 Å². The number of rotatable bonds is 3. The molecule has 0 saturated carbocycles. The summed E-state index contributed by atoms with van der Waals surface area (Å²) < 4.78 is 3.39. The topological polar surface area (TPSA) is 29.9 Å². The Labute approximate surface area is 128 Å². The summed E-state index contributed by atoms with van der Waals surface area (Å²) in [4.78, 5) is 4.62. The van der Waals surface area contributed by atoms with Gasteiger partial charge in [0.1, 0.15) is 0 Å². The molecule has 0 bridgehead atoms. The Balaban J connectivity index is 2.13. The van der Waals surface area contributed by atoms with Gasteiger partial charge in [-0.3, -0.25) is 0 Å². The summed E-state index contributed by atoms with van der Waals surface area (Å²) in [6.07, 6.45) is 6.78. The van der Waals surface area contributed by atoms with E-state index in [1.165, 1.54) is 35.5 Å². The third-order valence-corrected chi connectivity index (χ3v) is 4.67. The molecule has 0 radical (unpaired) electrons. The molecule has 4 heteroatoms. The molecule has 1 aromatic heterocycles. The van der Waals surface area contributed by atoms with Gasteiger partial charge in [-0.15, -0.1) is 0 Å². The fourth-order valence-corrected chi connectivity index (χ4v) is 3.27. The molecule has 0 amide bonds. The van der Waals surface area contributed by atoms with Gasteiger partial charge < -0.3 is 9.88 Å². The van der Waals surface area contributed by atoms with Crippen LogP contribution >= 0.6 is 15.9 Å². The second-order valence-corrected chi connectivity index (χ2v) is 6.34. The number of hydrogen-bond donors (Lipinski definition) is 1. The average Bonchev–Trinajstić information content (AvgIpc) is 2.90. The first kappa shape index (κ1) is 13.8. The van der Waals surface area contributed by atoms with Crippen molar-refractivity contribution in [3.63, 3.8) is 0 Å². The maximum absolute atomic E-state index is 4.62. The van der Waals surface area contributed by atoms with E-state index in [1.54, 1.807) is 0 Å². The first-order chi connectivity index (χ1) is 9.70. The molecular weight excluding hydrogens is 314 g/mol. The zero-order chi connectivity index (χ0) is 14.1. The molecular formula is C16H20BrN3. The van der Waals surface area contributed by atoms with Crippen molar-refractivity contribution in [3.8, 4) is 5.69 Å². The van der Waals surface area contributed by atoms with Gasteiger partial charge >= 0.3 is 0 Å². The van der Waals surface area contributed by atoms with Gasteiger partial charge in [-0.25, -0.2) is 4.98 Å². The number of nitrogens with zero attached hydrogens (tertiary/aromatic N) is 2. The number of nitrogens with one attached hydrogen (secondary N) is 1. The number of aromatic nitrogens is 2. The van der Waals surface area contributed by atoms with Crippen LogP contribution in [0.2, 0.25) is 0 Å². The highest BCUT2D eigenvalue weighted by Gasteiger charge is 2.19. The van der Waals surface area contributed by atoms with Crippen LogP contribution in [0.4, 0.5) is 0 Å². The lowest BCUT2D eigenvalue weighted by molar-refractivity contribution is 0.637. The van der Waals surface area contributed by atoms with Crippen molar-refractivity contribution >= 4 is 15.9 Å². The molecule has 0 spiro atoms. The molecule has 0 aliphatic heterocycles. The maximum atomic E-state index is 4.62. The highest BCUT2D eigenvalue weighted by Crippen LogP contribution is 2.29. The van der Waals surface area contributed by atoms with Crippen molar-refractivity contribution in [2.75, 3.05) is 7.05 Å². The van der Waals surface area contributed by atoms with E-state index in [4.69, 9.17) is 0 Å². The highest BCUT2D eigenvalue weighted by atomic mass is 79.9. The summed E-state index contributed by atoms with van der Waals surface area (Å²) in [6.45, 7) is 2.19. The monoisotopic (exact) mass is 333 g/mol. The molecule has 0 saturated heterocycles. The number of benzene rings is 1. The van der Waals surface area contributed by atoms with Crippen LogP contribution in [0, 0.1) is 0 Å². The Morgan fingerprint density at radius 1 is 1.30 bits per heavy atom. The van der Waals surface area contributed by atoms with Gasteiger partial charge in [0.2, 0.25) is 0 Å². The molecule has 1 atom stereocenters. The quantitative estimate of drug-likeness (QED) is 0.925. The van der Waals surface area contributed by atoms with E-state index in [0.29, 0.717) is 6.04 Å². The second-order valence-electron chi connectivity index (χ2n) is 5.43. The third-order valence-electron chi connectivity index (χ3n) is 4.18. The van der Waals surface area contributed by atoms with Crippen molar-refractivity contribution in [2.24, 2.45) is 0 Å². The standard InChI is InChI=1S/C16H20BrN3/c1-11(18-2)13-8-7-12(17)9-16(13)20-10-19-14-5-3-4-6-15(14)20/h7-11,18H,3-6H2,1-2H3. The van der Waals surface area contributed by atoms with Gasteiger partial charge in [-0.05, 0) is 57.4 Å². The SMILES string of the molecule is CNC(C)c1ccc(Br)cc1-n1cnc2c1CCCC2. The Morgan fingerprint density at radius 2 is 2.10 bits per heavy atom. The minimum Gasteiger partial charge on any atom is -0.313 e. The zero-order valence-electron chi connectivity index (χ0n) is 12.0. The van der Waals surface area contributed by atoms with Gasteiger partial charge in [-0.2, -0.15) is 0 Å². The average molecular weight is 334 g/mol. The second kappa shape index (κ2) is 5.70. The molecule has 106 valence electrons. The van der Waals surface area contributed by atoms with Crippen molar-refractivity contribution in [1.29, 1.82) is 0 Å². The van der Waals surface area contributed by atoms with Crippen LogP contribution in [-0.2, 0) is 12.8 Å². The van der Waals surface area contributed by atoms with Crippen molar-refractivity contribution in [3.05, 3.63) is 46.0 Å². The molecule has 0 fully saturated rings. The molecule has 1 N–H and O–H groups in total. The van der Waals surface area contributed by atoms with Gasteiger partial charge in [0, 0.05) is 16.2 Å². The van der Waals surface area contributed by atoms with Gasteiger partial charge in [0.25, 0.3) is 0 Å². The van der Waals surface area contributed by atoms with Crippen LogP contribution in [-0.4, -0.2) is 16.6 Å². The molecule has 3 nitrogen and oxygen atoms in total. The number of fused-ring (bicyclic) bond motifs is 1. The minimum absolute atomic E-state index is 0.319. The first-order valence-corrected chi connectivity index (χ1v) is 8.02. The Kier molecular flexibility index (Phi) is 3.94. The predicted molar refractivity (Wildman–Crippen MR) is 85.4 cm³/mol. The van der Waals surface area contributed by atoms with Crippen molar-refractivity contribution in [1.82, 2.24) is 14.9 Å². The van der Waals surface area contributed by atoms with E-state index >= 15 is 0 Å². The fraction of sp³-hybridized carbons (Fsp3) is 0.438. The number of hydrogen-bond acceptors (Lipinski definition) is 2. The zero-order valence-corrected chi connectivity index (χ0v) is 13.6. The van der Waals surface area contributed by atoms with Crippen LogP contribution < -0.4 is 5.32 Å². The van der Waals surface area contributed by atoms with E-state index in [2.05, 4.69) is 55.9 Å². The minimum atomic E-state index is 0.319. The molecule has 1 aliphatic rings. The van der Waals surface area contributed by atoms with E-state index in [9.17, 15) is 0 Å². The lowest BCUT2D eigenvalue weighted by atomic mass is 10.00. The van der Waals surface area contributed by atoms with Crippen molar-refractivity contribution < 1.29 is 0 Å². The lowest BCUT2D eigenvalue weighted by Crippen LogP contribution is -2.16. The maximum Gasteiger partial charge on any atom is 0.0997 e. The fourth-order valence-electron chi connectivity index (χ4n) is 2.92. The van der Waals surface area contributed by atoms with Gasteiger partial charge in [0.05, 0.1) is 17.7 Å². The Morgan fingerprint density at radius 3 is 2.90 bits per heavy atom. The Bertz CT molecular complexity index is 618. The summed E-state index contributed by atoms with van der Waals surface area (Å²) in [5.74, 6) is 0. The largest absolute Gasteiger partial charge is 0.313 e. The molecule has 20 heavy (non-hydrogen) atoms. The molecule has 1 unspecified atom stereocenters. The van der Waals surface area contributed by atoms with Gasteiger partial charge in [-0.1, -0.05) is 22.0 Å². The van der Waals surface area contributed by atoms with Crippen LogP contribution in [0.3, 0.4) is 0 Å². The summed E-state index contributed by atoms with van der Waals surface area (Å²) in [5, 5.41) is 3.33. The van der Waals surface area contributed by atoms with E-state index < -0.39 is 0 Å².